The minimum absolute atomic E-state index is 0.278. The highest BCUT2D eigenvalue weighted by Crippen LogP contribution is 2.17. The minimum Gasteiger partial charge on any atom is -0.327 e. The molecule has 0 saturated heterocycles. The molecule has 1 aromatic heterocycles. The van der Waals surface area contributed by atoms with Gasteiger partial charge in [-0.05, 0) is 19.3 Å². The maximum Gasteiger partial charge on any atom is 0.0943 e. The number of nitrogens with two attached hydrogens (primary N) is 1. The first-order valence-corrected chi connectivity index (χ1v) is 6.70. The van der Waals surface area contributed by atoms with Crippen molar-refractivity contribution >= 4 is 11.3 Å². The van der Waals surface area contributed by atoms with E-state index in [9.17, 15) is 0 Å². The Balaban J connectivity index is 2.38. The molecule has 0 spiro atoms. The molecule has 1 rings (SSSR count). The summed E-state index contributed by atoms with van der Waals surface area (Å²) >= 11 is 1.73. The van der Waals surface area contributed by atoms with E-state index in [2.05, 4.69) is 24.2 Å². The second-order valence-corrected chi connectivity index (χ2v) is 5.21. The monoisotopic (exact) mass is 226 g/mol. The van der Waals surface area contributed by atoms with Gasteiger partial charge in [-0.1, -0.05) is 26.7 Å². The van der Waals surface area contributed by atoms with Crippen LogP contribution in [0.25, 0.3) is 0 Å². The van der Waals surface area contributed by atoms with Crippen LogP contribution in [0.1, 0.15) is 43.8 Å². The van der Waals surface area contributed by atoms with Gasteiger partial charge in [0.2, 0.25) is 0 Å². The molecule has 1 unspecified atom stereocenters. The lowest BCUT2D eigenvalue weighted by Gasteiger charge is -2.17. The number of aryl methyl sites for hydroxylation is 1. The molecule has 0 amide bonds. The fourth-order valence-electron chi connectivity index (χ4n) is 1.85. The summed E-state index contributed by atoms with van der Waals surface area (Å²) in [7, 11) is 0. The van der Waals surface area contributed by atoms with E-state index >= 15 is 0 Å². The number of aromatic nitrogens is 1. The van der Waals surface area contributed by atoms with E-state index in [1.165, 1.54) is 17.8 Å². The van der Waals surface area contributed by atoms with Gasteiger partial charge in [0.1, 0.15) is 0 Å². The van der Waals surface area contributed by atoms with E-state index < -0.39 is 0 Å². The number of rotatable bonds is 6. The third kappa shape index (κ3) is 4.31. The highest BCUT2D eigenvalue weighted by Gasteiger charge is 2.12. The van der Waals surface area contributed by atoms with Gasteiger partial charge in [0.05, 0.1) is 5.01 Å². The first-order valence-electron chi connectivity index (χ1n) is 5.82. The van der Waals surface area contributed by atoms with Gasteiger partial charge < -0.3 is 5.73 Å². The normalized spacial score (nSPS) is 13.4. The lowest BCUT2D eigenvalue weighted by Crippen LogP contribution is -2.25. The number of thiazole rings is 1. The molecule has 15 heavy (non-hydrogen) atoms. The summed E-state index contributed by atoms with van der Waals surface area (Å²) in [4.78, 5) is 4.45. The zero-order chi connectivity index (χ0) is 11.3. The van der Waals surface area contributed by atoms with Gasteiger partial charge in [-0.2, -0.15) is 0 Å². The predicted octanol–water partition coefficient (Wildman–Crippen LogP) is 3.15. The molecule has 86 valence electrons. The molecule has 1 heterocycles. The van der Waals surface area contributed by atoms with Crippen LogP contribution in [-0.2, 0) is 6.42 Å². The quantitative estimate of drug-likeness (QED) is 0.809. The average molecular weight is 226 g/mol. The van der Waals surface area contributed by atoms with Crippen molar-refractivity contribution in [3.63, 3.8) is 0 Å². The number of hydrogen-bond acceptors (Lipinski definition) is 3. The van der Waals surface area contributed by atoms with E-state index in [1.54, 1.807) is 11.3 Å². The van der Waals surface area contributed by atoms with Crippen LogP contribution >= 0.6 is 11.3 Å². The smallest absolute Gasteiger partial charge is 0.0943 e. The van der Waals surface area contributed by atoms with Crippen LogP contribution in [0.5, 0.6) is 0 Å². The van der Waals surface area contributed by atoms with Crippen molar-refractivity contribution < 1.29 is 0 Å². The van der Waals surface area contributed by atoms with E-state index in [4.69, 9.17) is 5.73 Å². The van der Waals surface area contributed by atoms with Crippen LogP contribution in [0.15, 0.2) is 5.38 Å². The first kappa shape index (κ1) is 12.7. The van der Waals surface area contributed by atoms with Gasteiger partial charge in [0.25, 0.3) is 0 Å². The SMILES string of the molecule is CCC(CC)CC(N)Cc1nc(C)cs1. The summed E-state index contributed by atoms with van der Waals surface area (Å²) in [6.07, 6.45) is 4.54. The molecule has 2 nitrogen and oxygen atoms in total. The minimum atomic E-state index is 0.278. The van der Waals surface area contributed by atoms with Crippen LogP contribution in [0.3, 0.4) is 0 Å². The molecule has 0 saturated carbocycles. The molecule has 0 aliphatic carbocycles. The van der Waals surface area contributed by atoms with Crippen molar-refractivity contribution in [3.8, 4) is 0 Å². The van der Waals surface area contributed by atoms with E-state index in [-0.39, 0.29) is 6.04 Å². The summed E-state index contributed by atoms with van der Waals surface area (Å²) in [5.41, 5.74) is 7.25. The highest BCUT2D eigenvalue weighted by atomic mass is 32.1. The number of nitrogens with zero attached hydrogens (tertiary/aromatic N) is 1. The fraction of sp³-hybridized carbons (Fsp3) is 0.750. The first-order chi connectivity index (χ1) is 7.15. The van der Waals surface area contributed by atoms with Gasteiger partial charge in [0, 0.05) is 23.5 Å². The van der Waals surface area contributed by atoms with Gasteiger partial charge >= 0.3 is 0 Å². The van der Waals surface area contributed by atoms with Crippen molar-refractivity contribution in [1.82, 2.24) is 4.98 Å². The zero-order valence-corrected chi connectivity index (χ0v) is 10.8. The van der Waals surface area contributed by atoms with Gasteiger partial charge in [-0.15, -0.1) is 11.3 Å². The Bertz CT molecular complexity index is 279. The van der Waals surface area contributed by atoms with Gasteiger partial charge in [0.15, 0.2) is 0 Å². The number of hydrogen-bond donors (Lipinski definition) is 1. The van der Waals surface area contributed by atoms with Crippen molar-refractivity contribution in [3.05, 3.63) is 16.1 Å². The maximum absolute atomic E-state index is 6.13. The fourth-order valence-corrected chi connectivity index (χ4v) is 2.72. The zero-order valence-electron chi connectivity index (χ0n) is 9.99. The largest absolute Gasteiger partial charge is 0.327 e. The topological polar surface area (TPSA) is 38.9 Å². The van der Waals surface area contributed by atoms with Gasteiger partial charge in [-0.25, -0.2) is 4.98 Å². The molecule has 0 aliphatic heterocycles. The lowest BCUT2D eigenvalue weighted by atomic mass is 9.94. The molecule has 0 aliphatic rings. The lowest BCUT2D eigenvalue weighted by molar-refractivity contribution is 0.407. The standard InChI is InChI=1S/C12H22N2S/c1-4-10(5-2)6-11(13)7-12-14-9(3)8-15-12/h8,10-11H,4-7,13H2,1-3H3. The highest BCUT2D eigenvalue weighted by molar-refractivity contribution is 7.09. The molecule has 3 heteroatoms. The van der Waals surface area contributed by atoms with E-state index in [1.807, 2.05) is 6.92 Å². The van der Waals surface area contributed by atoms with Crippen LogP contribution in [-0.4, -0.2) is 11.0 Å². The van der Waals surface area contributed by atoms with E-state index in [0.717, 1.165) is 24.5 Å². The molecule has 0 fully saturated rings. The molecule has 1 aromatic rings. The Kier molecular flexibility index (Phi) is 5.26. The van der Waals surface area contributed by atoms with Crippen molar-refractivity contribution in [2.24, 2.45) is 11.7 Å². The second-order valence-electron chi connectivity index (χ2n) is 4.27. The second kappa shape index (κ2) is 6.23. The molecule has 0 bridgehead atoms. The van der Waals surface area contributed by atoms with E-state index in [0.29, 0.717) is 0 Å². The third-order valence-corrected chi connectivity index (χ3v) is 3.88. The molecule has 0 aromatic carbocycles. The third-order valence-electron chi connectivity index (χ3n) is 2.89. The van der Waals surface area contributed by atoms with Crippen molar-refractivity contribution in [2.75, 3.05) is 0 Å². The Hall–Kier alpha value is -0.410. The Morgan fingerprint density at radius 1 is 1.40 bits per heavy atom. The van der Waals surface area contributed by atoms with Crippen LogP contribution in [0.2, 0.25) is 0 Å². The molecule has 2 N–H and O–H groups in total. The molecule has 1 atom stereocenters. The Morgan fingerprint density at radius 2 is 2.07 bits per heavy atom. The summed E-state index contributed by atoms with van der Waals surface area (Å²) in [5, 5.41) is 3.28. The predicted molar refractivity (Wildman–Crippen MR) is 67.2 cm³/mol. The molecular formula is C12H22N2S. The summed E-state index contributed by atoms with van der Waals surface area (Å²) < 4.78 is 0. The molecule has 0 radical (unpaired) electrons. The van der Waals surface area contributed by atoms with Crippen LogP contribution < -0.4 is 5.73 Å². The van der Waals surface area contributed by atoms with Crippen LogP contribution in [0, 0.1) is 12.8 Å². The summed E-state index contributed by atoms with van der Waals surface area (Å²) in [6, 6.07) is 0.278. The summed E-state index contributed by atoms with van der Waals surface area (Å²) in [5.74, 6) is 0.779. The Labute approximate surface area is 96.9 Å². The Morgan fingerprint density at radius 3 is 2.53 bits per heavy atom. The van der Waals surface area contributed by atoms with Crippen molar-refractivity contribution in [1.29, 1.82) is 0 Å². The average Bonchev–Trinajstić information content (AvgIpc) is 2.60. The van der Waals surface area contributed by atoms with Gasteiger partial charge in [-0.3, -0.25) is 0 Å². The van der Waals surface area contributed by atoms with Crippen molar-refractivity contribution in [2.45, 2.75) is 52.5 Å². The molecular weight excluding hydrogens is 204 g/mol. The maximum atomic E-state index is 6.13. The summed E-state index contributed by atoms with van der Waals surface area (Å²) in [6.45, 7) is 6.52. The van der Waals surface area contributed by atoms with Crippen LogP contribution in [0.4, 0.5) is 0 Å².